The second-order valence-corrected chi connectivity index (χ2v) is 9.83. The number of aromatic nitrogens is 2. The van der Waals surface area contributed by atoms with Gasteiger partial charge in [0.05, 0.1) is 17.6 Å². The minimum absolute atomic E-state index is 0.0410. The van der Waals surface area contributed by atoms with Crippen molar-refractivity contribution in [3.05, 3.63) is 89.2 Å². The van der Waals surface area contributed by atoms with Crippen LogP contribution in [0.1, 0.15) is 54.6 Å². The molecule has 3 aromatic carbocycles. The van der Waals surface area contributed by atoms with Crippen LogP contribution in [0.5, 0.6) is 5.75 Å². The van der Waals surface area contributed by atoms with Crippen molar-refractivity contribution in [1.82, 2.24) is 9.55 Å². The van der Waals surface area contributed by atoms with E-state index in [1.807, 2.05) is 41.3 Å². The Labute approximate surface area is 207 Å². The number of hydrogen-bond donors (Lipinski definition) is 0. The molecule has 1 unspecified atom stereocenters. The van der Waals surface area contributed by atoms with E-state index in [1.165, 1.54) is 5.56 Å². The van der Waals surface area contributed by atoms with Crippen LogP contribution < -0.4 is 9.64 Å². The van der Waals surface area contributed by atoms with E-state index >= 15 is 0 Å². The summed E-state index contributed by atoms with van der Waals surface area (Å²) in [5, 5.41) is 0. The standard InChI is InChI=1S/C30H33N3O2/c1-20(2)23-12-14-25(15-13-23)35-17-16-32-27-11-6-5-10-26(27)31-30(32)24-18-28(34)33(19-24)29-21(3)8-7-9-22(29)4/h5-15,20,24H,16-19H2,1-4H3. The van der Waals surface area contributed by atoms with E-state index in [1.54, 1.807) is 0 Å². The number of para-hydroxylation sites is 3. The topological polar surface area (TPSA) is 47.4 Å². The zero-order valence-electron chi connectivity index (χ0n) is 21.0. The third-order valence-corrected chi connectivity index (χ3v) is 7.01. The lowest BCUT2D eigenvalue weighted by atomic mass is 10.0. The Hall–Kier alpha value is -3.60. The van der Waals surface area contributed by atoms with Gasteiger partial charge in [0.1, 0.15) is 18.2 Å². The van der Waals surface area contributed by atoms with Gasteiger partial charge in [-0.15, -0.1) is 0 Å². The smallest absolute Gasteiger partial charge is 0.227 e. The Kier molecular flexibility index (Phi) is 6.33. The van der Waals surface area contributed by atoms with Crippen molar-refractivity contribution in [2.45, 2.75) is 52.5 Å². The maximum absolute atomic E-state index is 13.1. The Morgan fingerprint density at radius 1 is 0.971 bits per heavy atom. The monoisotopic (exact) mass is 467 g/mol. The zero-order valence-corrected chi connectivity index (χ0v) is 21.0. The van der Waals surface area contributed by atoms with Crippen LogP contribution in [-0.4, -0.2) is 28.6 Å². The van der Waals surface area contributed by atoms with E-state index in [4.69, 9.17) is 9.72 Å². The summed E-state index contributed by atoms with van der Waals surface area (Å²) in [6.45, 7) is 10.4. The molecule has 1 fully saturated rings. The molecule has 1 aromatic heterocycles. The zero-order chi connectivity index (χ0) is 24.5. The number of aryl methyl sites for hydroxylation is 2. The van der Waals surface area contributed by atoms with Crippen molar-refractivity contribution >= 4 is 22.6 Å². The number of anilines is 1. The van der Waals surface area contributed by atoms with E-state index in [0.29, 0.717) is 32.0 Å². The Morgan fingerprint density at radius 2 is 1.69 bits per heavy atom. The SMILES string of the molecule is Cc1cccc(C)c1N1CC(c2nc3ccccc3n2CCOc2ccc(C(C)C)cc2)CC1=O. The van der Waals surface area contributed by atoms with Crippen LogP contribution in [0.2, 0.25) is 0 Å². The number of benzene rings is 3. The van der Waals surface area contributed by atoms with Gasteiger partial charge in [-0.3, -0.25) is 4.79 Å². The molecule has 1 amide bonds. The molecule has 0 radical (unpaired) electrons. The molecule has 1 aliphatic rings. The van der Waals surface area contributed by atoms with Crippen molar-refractivity contribution in [3.8, 4) is 5.75 Å². The van der Waals surface area contributed by atoms with E-state index in [0.717, 1.165) is 39.4 Å². The minimum Gasteiger partial charge on any atom is -0.492 e. The normalized spacial score (nSPS) is 16.0. The van der Waals surface area contributed by atoms with Gasteiger partial charge in [0.25, 0.3) is 0 Å². The lowest BCUT2D eigenvalue weighted by Gasteiger charge is -2.21. The highest BCUT2D eigenvalue weighted by Crippen LogP contribution is 2.36. The number of fused-ring (bicyclic) bond motifs is 1. The predicted octanol–water partition coefficient (Wildman–Crippen LogP) is 6.38. The van der Waals surface area contributed by atoms with Crippen LogP contribution in [0.4, 0.5) is 5.69 Å². The number of carbonyl (C=O) groups excluding carboxylic acids is 1. The van der Waals surface area contributed by atoms with Gasteiger partial charge in [0.15, 0.2) is 0 Å². The van der Waals surface area contributed by atoms with Gasteiger partial charge >= 0.3 is 0 Å². The van der Waals surface area contributed by atoms with Gasteiger partial charge in [0.2, 0.25) is 5.91 Å². The molecular formula is C30H33N3O2. The third-order valence-electron chi connectivity index (χ3n) is 7.01. The quantitative estimate of drug-likeness (QED) is 0.317. The molecule has 0 spiro atoms. The molecule has 1 atom stereocenters. The highest BCUT2D eigenvalue weighted by molar-refractivity contribution is 5.98. The van der Waals surface area contributed by atoms with Crippen LogP contribution >= 0.6 is 0 Å². The van der Waals surface area contributed by atoms with Crippen LogP contribution in [0.15, 0.2) is 66.7 Å². The molecule has 1 aliphatic heterocycles. The number of ether oxygens (including phenoxy) is 1. The fourth-order valence-electron chi connectivity index (χ4n) is 5.17. The Bertz CT molecular complexity index is 1330. The first-order valence-electron chi connectivity index (χ1n) is 12.5. The minimum atomic E-state index is 0.0410. The maximum atomic E-state index is 13.1. The molecule has 1 saturated heterocycles. The number of carbonyl (C=O) groups is 1. The fraction of sp³-hybridized carbons (Fsp3) is 0.333. The summed E-state index contributed by atoms with van der Waals surface area (Å²) in [7, 11) is 0. The van der Waals surface area contributed by atoms with Gasteiger partial charge in [-0.05, 0) is 60.7 Å². The molecule has 4 aromatic rings. The van der Waals surface area contributed by atoms with Crippen LogP contribution in [0, 0.1) is 13.8 Å². The molecule has 0 N–H and O–H groups in total. The first kappa shape index (κ1) is 23.2. The molecule has 180 valence electrons. The number of imidazole rings is 1. The van der Waals surface area contributed by atoms with Gasteiger partial charge in [-0.2, -0.15) is 0 Å². The van der Waals surface area contributed by atoms with Crippen molar-refractivity contribution < 1.29 is 9.53 Å². The summed E-state index contributed by atoms with van der Waals surface area (Å²) in [5.41, 5.74) is 6.64. The summed E-state index contributed by atoms with van der Waals surface area (Å²) in [6, 6.07) is 22.7. The van der Waals surface area contributed by atoms with Crippen molar-refractivity contribution in [3.63, 3.8) is 0 Å². The molecule has 5 heteroatoms. The van der Waals surface area contributed by atoms with E-state index < -0.39 is 0 Å². The molecule has 0 saturated carbocycles. The average Bonchev–Trinajstić information content (AvgIpc) is 3.40. The summed E-state index contributed by atoms with van der Waals surface area (Å²) in [5.74, 6) is 2.54. The number of rotatable bonds is 7. The molecule has 0 aliphatic carbocycles. The number of nitrogens with zero attached hydrogens (tertiary/aromatic N) is 3. The fourth-order valence-corrected chi connectivity index (χ4v) is 5.17. The molecule has 5 rings (SSSR count). The summed E-state index contributed by atoms with van der Waals surface area (Å²) < 4.78 is 8.34. The molecule has 2 heterocycles. The molecule has 5 nitrogen and oxygen atoms in total. The lowest BCUT2D eigenvalue weighted by molar-refractivity contribution is -0.117. The number of hydrogen-bond acceptors (Lipinski definition) is 3. The van der Waals surface area contributed by atoms with Gasteiger partial charge < -0.3 is 14.2 Å². The first-order valence-corrected chi connectivity index (χ1v) is 12.5. The Morgan fingerprint density at radius 3 is 2.40 bits per heavy atom. The van der Waals surface area contributed by atoms with Crippen LogP contribution in [0.25, 0.3) is 11.0 Å². The summed E-state index contributed by atoms with van der Waals surface area (Å²) >= 11 is 0. The predicted molar refractivity (Wildman–Crippen MR) is 141 cm³/mol. The van der Waals surface area contributed by atoms with Crippen LogP contribution in [0.3, 0.4) is 0 Å². The average molecular weight is 468 g/mol. The first-order chi connectivity index (χ1) is 16.9. The van der Waals surface area contributed by atoms with Gasteiger partial charge in [0, 0.05) is 24.6 Å². The number of amides is 1. The van der Waals surface area contributed by atoms with E-state index in [-0.39, 0.29) is 11.8 Å². The van der Waals surface area contributed by atoms with E-state index in [2.05, 4.69) is 62.6 Å². The lowest BCUT2D eigenvalue weighted by Crippen LogP contribution is -2.26. The van der Waals surface area contributed by atoms with Gasteiger partial charge in [-0.25, -0.2) is 4.98 Å². The largest absolute Gasteiger partial charge is 0.492 e. The van der Waals surface area contributed by atoms with Crippen LogP contribution in [-0.2, 0) is 11.3 Å². The van der Waals surface area contributed by atoms with Crippen molar-refractivity contribution in [1.29, 1.82) is 0 Å². The highest BCUT2D eigenvalue weighted by Gasteiger charge is 2.35. The van der Waals surface area contributed by atoms with E-state index in [9.17, 15) is 4.79 Å². The Balaban J connectivity index is 1.38. The third kappa shape index (κ3) is 4.55. The molecule has 0 bridgehead atoms. The van der Waals surface area contributed by atoms with Crippen molar-refractivity contribution in [2.75, 3.05) is 18.1 Å². The second-order valence-electron chi connectivity index (χ2n) is 9.83. The maximum Gasteiger partial charge on any atom is 0.227 e. The molecule has 35 heavy (non-hydrogen) atoms. The van der Waals surface area contributed by atoms with Crippen molar-refractivity contribution in [2.24, 2.45) is 0 Å². The van der Waals surface area contributed by atoms with Gasteiger partial charge in [-0.1, -0.05) is 56.3 Å². The summed E-state index contributed by atoms with van der Waals surface area (Å²) in [6.07, 6.45) is 0.467. The molecular weight excluding hydrogens is 434 g/mol. The highest BCUT2D eigenvalue weighted by atomic mass is 16.5. The summed E-state index contributed by atoms with van der Waals surface area (Å²) in [4.78, 5) is 20.1. The second kappa shape index (κ2) is 9.57.